The summed E-state index contributed by atoms with van der Waals surface area (Å²) in [5, 5.41) is 17.8. The Balaban J connectivity index is 2.03. The van der Waals surface area contributed by atoms with Gasteiger partial charge in [0, 0.05) is 12.3 Å². The minimum absolute atomic E-state index is 0.00652. The number of azo groups is 1. The number of hydrogen-bond donors (Lipinski definition) is 1. The summed E-state index contributed by atoms with van der Waals surface area (Å²) >= 11 is 0. The first-order valence-electron chi connectivity index (χ1n) is 6.91. The molecule has 0 aliphatic carbocycles. The first-order chi connectivity index (χ1) is 11.2. The number of phenols is 1. The van der Waals surface area contributed by atoms with Gasteiger partial charge in [-0.3, -0.25) is 9.20 Å². The lowest BCUT2D eigenvalue weighted by atomic mass is 10.3. The van der Waals surface area contributed by atoms with Crippen LogP contribution in [-0.4, -0.2) is 27.6 Å². The second-order valence-electron chi connectivity index (χ2n) is 4.78. The van der Waals surface area contributed by atoms with Gasteiger partial charge in [0.05, 0.1) is 24.9 Å². The smallest absolute Gasteiger partial charge is 0.311 e. The molecule has 0 saturated heterocycles. The second kappa shape index (κ2) is 6.27. The lowest BCUT2D eigenvalue weighted by molar-refractivity contribution is -0.139. The van der Waals surface area contributed by atoms with Gasteiger partial charge >= 0.3 is 5.97 Å². The largest absolute Gasteiger partial charge is 0.508 e. The third-order valence-electron chi connectivity index (χ3n) is 3.20. The lowest BCUT2D eigenvalue weighted by Crippen LogP contribution is -2.04. The molecule has 0 bridgehead atoms. The summed E-state index contributed by atoms with van der Waals surface area (Å²) in [6, 6.07) is 11.9. The molecule has 1 N–H and O–H groups in total. The Hall–Kier alpha value is -3.22. The van der Waals surface area contributed by atoms with Crippen molar-refractivity contribution < 1.29 is 14.6 Å². The van der Waals surface area contributed by atoms with Gasteiger partial charge in [-0.2, -0.15) is 0 Å². The van der Waals surface area contributed by atoms with E-state index in [2.05, 4.69) is 15.2 Å². The Kier molecular flexibility index (Phi) is 4.01. The SMILES string of the molecule is COC(=O)Cc1nc2ccccn2c1N=Nc1cccc(O)c1. The van der Waals surface area contributed by atoms with E-state index in [1.807, 2.05) is 18.2 Å². The first kappa shape index (κ1) is 14.7. The molecule has 7 heteroatoms. The minimum atomic E-state index is -0.401. The Bertz CT molecular complexity index is 886. The van der Waals surface area contributed by atoms with E-state index in [0.717, 1.165) is 0 Å². The predicted molar refractivity (Wildman–Crippen MR) is 83.2 cm³/mol. The molecule has 116 valence electrons. The summed E-state index contributed by atoms with van der Waals surface area (Å²) < 4.78 is 6.43. The molecule has 0 aliphatic heterocycles. The van der Waals surface area contributed by atoms with Crippen molar-refractivity contribution in [2.75, 3.05) is 7.11 Å². The van der Waals surface area contributed by atoms with Crippen LogP contribution in [-0.2, 0) is 16.0 Å². The monoisotopic (exact) mass is 310 g/mol. The molecule has 0 radical (unpaired) electrons. The topological polar surface area (TPSA) is 88.5 Å². The number of methoxy groups -OCH3 is 1. The molecule has 2 aromatic heterocycles. The number of nitrogens with zero attached hydrogens (tertiary/aromatic N) is 4. The molecular weight excluding hydrogens is 296 g/mol. The van der Waals surface area contributed by atoms with Crippen molar-refractivity contribution in [2.45, 2.75) is 6.42 Å². The summed E-state index contributed by atoms with van der Waals surface area (Å²) in [4.78, 5) is 15.9. The molecule has 0 fully saturated rings. The third kappa shape index (κ3) is 3.18. The zero-order valence-corrected chi connectivity index (χ0v) is 12.4. The van der Waals surface area contributed by atoms with Crippen LogP contribution in [0.1, 0.15) is 5.69 Å². The van der Waals surface area contributed by atoms with Crippen LogP contribution in [0, 0.1) is 0 Å². The van der Waals surface area contributed by atoms with Crippen molar-refractivity contribution in [3.05, 3.63) is 54.4 Å². The fraction of sp³-hybridized carbons (Fsp3) is 0.125. The van der Waals surface area contributed by atoms with Crippen LogP contribution in [0.5, 0.6) is 5.75 Å². The van der Waals surface area contributed by atoms with Crippen molar-refractivity contribution in [3.63, 3.8) is 0 Å². The number of aromatic nitrogens is 2. The molecule has 0 atom stereocenters. The minimum Gasteiger partial charge on any atom is -0.508 e. The first-order valence-corrected chi connectivity index (χ1v) is 6.91. The van der Waals surface area contributed by atoms with E-state index in [1.54, 1.807) is 28.8 Å². The molecule has 23 heavy (non-hydrogen) atoms. The van der Waals surface area contributed by atoms with E-state index in [9.17, 15) is 9.90 Å². The number of pyridine rings is 1. The number of esters is 1. The number of phenolic OH excluding ortho intramolecular Hbond substituents is 1. The maximum atomic E-state index is 11.6. The maximum Gasteiger partial charge on any atom is 0.311 e. The number of carbonyl (C=O) groups is 1. The van der Waals surface area contributed by atoms with Gasteiger partial charge < -0.3 is 9.84 Å². The van der Waals surface area contributed by atoms with E-state index < -0.39 is 5.97 Å². The summed E-state index contributed by atoms with van der Waals surface area (Å²) in [5.41, 5.74) is 1.64. The van der Waals surface area contributed by atoms with Gasteiger partial charge in [0.1, 0.15) is 11.4 Å². The van der Waals surface area contributed by atoms with Crippen LogP contribution in [0.25, 0.3) is 5.65 Å². The van der Waals surface area contributed by atoms with Crippen molar-refractivity contribution >= 4 is 23.1 Å². The van der Waals surface area contributed by atoms with Crippen LogP contribution in [0.2, 0.25) is 0 Å². The van der Waals surface area contributed by atoms with Gasteiger partial charge in [-0.05, 0) is 24.3 Å². The highest BCUT2D eigenvalue weighted by atomic mass is 16.5. The van der Waals surface area contributed by atoms with Crippen molar-refractivity contribution in [1.82, 2.24) is 9.38 Å². The predicted octanol–water partition coefficient (Wildman–Crippen LogP) is 3.17. The van der Waals surface area contributed by atoms with Gasteiger partial charge in [0.15, 0.2) is 5.82 Å². The van der Waals surface area contributed by atoms with Gasteiger partial charge in [-0.1, -0.05) is 12.1 Å². The van der Waals surface area contributed by atoms with Crippen LogP contribution < -0.4 is 0 Å². The Morgan fingerprint density at radius 2 is 2.13 bits per heavy atom. The molecule has 0 spiro atoms. The molecule has 3 rings (SSSR count). The highest BCUT2D eigenvalue weighted by Crippen LogP contribution is 2.26. The summed E-state index contributed by atoms with van der Waals surface area (Å²) in [6.45, 7) is 0. The Morgan fingerprint density at radius 3 is 2.91 bits per heavy atom. The Morgan fingerprint density at radius 1 is 1.26 bits per heavy atom. The zero-order chi connectivity index (χ0) is 16.2. The molecule has 0 aliphatic rings. The number of benzene rings is 1. The lowest BCUT2D eigenvalue weighted by Gasteiger charge is -1.99. The summed E-state index contributed by atoms with van der Waals surface area (Å²) in [6.07, 6.45) is 1.80. The van der Waals surface area contributed by atoms with Crippen LogP contribution >= 0.6 is 0 Å². The number of rotatable bonds is 4. The van der Waals surface area contributed by atoms with Gasteiger partial charge in [0.25, 0.3) is 0 Å². The van der Waals surface area contributed by atoms with Crippen LogP contribution in [0.3, 0.4) is 0 Å². The van der Waals surface area contributed by atoms with E-state index in [-0.39, 0.29) is 12.2 Å². The molecule has 7 nitrogen and oxygen atoms in total. The maximum absolute atomic E-state index is 11.6. The van der Waals surface area contributed by atoms with E-state index in [1.165, 1.54) is 13.2 Å². The average Bonchev–Trinajstić information content (AvgIpc) is 2.90. The average molecular weight is 310 g/mol. The Labute approximate surface area is 131 Å². The molecule has 0 saturated carbocycles. The van der Waals surface area contributed by atoms with Crippen molar-refractivity contribution in [3.8, 4) is 5.75 Å². The summed E-state index contributed by atoms with van der Waals surface area (Å²) in [7, 11) is 1.33. The van der Waals surface area contributed by atoms with Crippen molar-refractivity contribution in [1.29, 1.82) is 0 Å². The van der Waals surface area contributed by atoms with Crippen LogP contribution in [0.4, 0.5) is 11.5 Å². The highest BCUT2D eigenvalue weighted by Gasteiger charge is 2.15. The molecular formula is C16H14N4O3. The molecule has 0 unspecified atom stereocenters. The normalized spacial score (nSPS) is 11.2. The van der Waals surface area contributed by atoms with E-state index in [0.29, 0.717) is 22.8 Å². The number of hydrogen-bond acceptors (Lipinski definition) is 6. The quantitative estimate of drug-likeness (QED) is 0.592. The second-order valence-corrected chi connectivity index (χ2v) is 4.78. The highest BCUT2D eigenvalue weighted by molar-refractivity contribution is 5.74. The van der Waals surface area contributed by atoms with Gasteiger partial charge in [-0.25, -0.2) is 4.98 Å². The molecule has 0 amide bonds. The van der Waals surface area contributed by atoms with Crippen LogP contribution in [0.15, 0.2) is 58.9 Å². The number of aromatic hydroxyl groups is 1. The fourth-order valence-electron chi connectivity index (χ4n) is 2.13. The standard InChI is InChI=1S/C16H14N4O3/c1-23-15(22)10-13-16(20-8-3-2-7-14(20)17-13)19-18-11-5-4-6-12(21)9-11/h2-9,21H,10H2,1H3. The van der Waals surface area contributed by atoms with Gasteiger partial charge in [0.2, 0.25) is 0 Å². The molecule has 2 heterocycles. The van der Waals surface area contributed by atoms with Gasteiger partial charge in [-0.15, -0.1) is 10.2 Å². The zero-order valence-electron chi connectivity index (χ0n) is 12.4. The molecule has 1 aromatic carbocycles. The number of ether oxygens (including phenoxy) is 1. The summed E-state index contributed by atoms with van der Waals surface area (Å²) in [5.74, 6) is 0.158. The van der Waals surface area contributed by atoms with Crippen molar-refractivity contribution in [2.24, 2.45) is 10.2 Å². The van der Waals surface area contributed by atoms with E-state index in [4.69, 9.17) is 4.74 Å². The fourth-order valence-corrected chi connectivity index (χ4v) is 2.13. The number of imidazole rings is 1. The third-order valence-corrected chi connectivity index (χ3v) is 3.20. The number of carbonyl (C=O) groups excluding carboxylic acids is 1. The van der Waals surface area contributed by atoms with E-state index >= 15 is 0 Å². The number of fused-ring (bicyclic) bond motifs is 1. The molecule has 3 aromatic rings.